The van der Waals surface area contributed by atoms with Gasteiger partial charge < -0.3 is 25.0 Å². The standard InChI is InChI=1S/C25H29FN4O4/c1-3-34-24(31)22-21(27-25(32)28-23(22)17-7-9-18(26)10-8-17)16-29-11-13-30(14-12-29)19-5-4-6-20(15-19)33-2/h4-10,15,23H,3,11-14,16H2,1-2H3,(H2,27,28,32)/t23-/m1/s1. The van der Waals surface area contributed by atoms with Crippen LogP contribution in [0.15, 0.2) is 59.8 Å². The Morgan fingerprint density at radius 3 is 2.53 bits per heavy atom. The molecule has 1 saturated heterocycles. The number of hydrogen-bond acceptors (Lipinski definition) is 6. The van der Waals surface area contributed by atoms with Crippen LogP contribution in [0.2, 0.25) is 0 Å². The molecule has 2 aromatic carbocycles. The highest BCUT2D eigenvalue weighted by molar-refractivity contribution is 5.95. The number of methoxy groups -OCH3 is 1. The summed E-state index contributed by atoms with van der Waals surface area (Å²) in [4.78, 5) is 29.9. The summed E-state index contributed by atoms with van der Waals surface area (Å²) in [6.07, 6.45) is 0. The lowest BCUT2D eigenvalue weighted by Crippen LogP contribution is -2.51. The lowest BCUT2D eigenvalue weighted by molar-refractivity contribution is -0.139. The summed E-state index contributed by atoms with van der Waals surface area (Å²) in [6.45, 7) is 5.43. The summed E-state index contributed by atoms with van der Waals surface area (Å²) in [7, 11) is 1.65. The molecule has 0 bridgehead atoms. The molecule has 8 nitrogen and oxygen atoms in total. The number of rotatable bonds is 7. The van der Waals surface area contributed by atoms with Crippen molar-refractivity contribution in [1.82, 2.24) is 15.5 Å². The van der Waals surface area contributed by atoms with Gasteiger partial charge >= 0.3 is 12.0 Å². The molecule has 0 aromatic heterocycles. The number of ether oxygens (including phenoxy) is 2. The van der Waals surface area contributed by atoms with Gasteiger partial charge in [0.1, 0.15) is 11.6 Å². The average molecular weight is 469 g/mol. The number of halogens is 1. The van der Waals surface area contributed by atoms with Gasteiger partial charge in [-0.15, -0.1) is 0 Å². The van der Waals surface area contributed by atoms with E-state index >= 15 is 0 Å². The lowest BCUT2D eigenvalue weighted by Gasteiger charge is -2.38. The highest BCUT2D eigenvalue weighted by Crippen LogP contribution is 2.29. The van der Waals surface area contributed by atoms with E-state index in [1.54, 1.807) is 26.2 Å². The van der Waals surface area contributed by atoms with E-state index in [0.717, 1.165) is 37.6 Å². The summed E-state index contributed by atoms with van der Waals surface area (Å²) in [5, 5.41) is 5.58. The molecule has 0 unspecified atom stereocenters. The predicted octanol–water partition coefficient (Wildman–Crippen LogP) is 2.83. The molecule has 180 valence electrons. The molecule has 1 fully saturated rings. The van der Waals surface area contributed by atoms with Gasteiger partial charge in [0.15, 0.2) is 0 Å². The minimum Gasteiger partial charge on any atom is -0.497 e. The summed E-state index contributed by atoms with van der Waals surface area (Å²) >= 11 is 0. The van der Waals surface area contributed by atoms with Gasteiger partial charge in [0.25, 0.3) is 0 Å². The Labute approximate surface area is 198 Å². The quantitative estimate of drug-likeness (QED) is 0.608. The third kappa shape index (κ3) is 5.31. The van der Waals surface area contributed by atoms with E-state index < -0.39 is 18.0 Å². The lowest BCUT2D eigenvalue weighted by atomic mass is 9.95. The van der Waals surface area contributed by atoms with Crippen LogP contribution in [-0.2, 0) is 9.53 Å². The van der Waals surface area contributed by atoms with Crippen molar-refractivity contribution in [2.75, 3.05) is 51.3 Å². The summed E-state index contributed by atoms with van der Waals surface area (Å²) < 4.78 is 24.1. The second-order valence-corrected chi connectivity index (χ2v) is 8.16. The number of benzene rings is 2. The van der Waals surface area contributed by atoms with Crippen LogP contribution in [-0.4, -0.2) is 63.3 Å². The Kier molecular flexibility index (Phi) is 7.32. The van der Waals surface area contributed by atoms with Gasteiger partial charge in [0.05, 0.1) is 25.3 Å². The van der Waals surface area contributed by atoms with Crippen molar-refractivity contribution in [3.8, 4) is 5.75 Å². The van der Waals surface area contributed by atoms with Gasteiger partial charge in [-0.2, -0.15) is 0 Å². The zero-order chi connectivity index (χ0) is 24.1. The van der Waals surface area contributed by atoms with Crippen molar-refractivity contribution < 1.29 is 23.5 Å². The molecule has 2 amide bonds. The number of hydrogen-bond donors (Lipinski definition) is 2. The summed E-state index contributed by atoms with van der Waals surface area (Å²) in [5.41, 5.74) is 2.55. The predicted molar refractivity (Wildman–Crippen MR) is 126 cm³/mol. The Morgan fingerprint density at radius 1 is 1.12 bits per heavy atom. The van der Waals surface area contributed by atoms with Crippen LogP contribution in [0.1, 0.15) is 18.5 Å². The van der Waals surface area contributed by atoms with Crippen molar-refractivity contribution in [3.63, 3.8) is 0 Å². The molecule has 0 saturated carbocycles. The Balaban J connectivity index is 1.54. The molecule has 0 aliphatic carbocycles. The molecule has 1 atom stereocenters. The highest BCUT2D eigenvalue weighted by Gasteiger charge is 2.34. The van der Waals surface area contributed by atoms with Crippen LogP contribution in [0.25, 0.3) is 0 Å². The van der Waals surface area contributed by atoms with Crippen LogP contribution in [0, 0.1) is 5.82 Å². The number of anilines is 1. The van der Waals surface area contributed by atoms with Crippen LogP contribution < -0.4 is 20.3 Å². The third-order valence-electron chi connectivity index (χ3n) is 6.02. The molecule has 2 aromatic rings. The SMILES string of the molecule is CCOC(=O)C1=C(CN2CCN(c3cccc(OC)c3)CC2)NC(=O)N[C@@H]1c1ccc(F)cc1. The Morgan fingerprint density at radius 2 is 1.85 bits per heavy atom. The van der Waals surface area contributed by atoms with E-state index in [1.807, 2.05) is 18.2 Å². The van der Waals surface area contributed by atoms with Crippen LogP contribution in [0.4, 0.5) is 14.9 Å². The van der Waals surface area contributed by atoms with Crippen molar-refractivity contribution in [3.05, 3.63) is 71.2 Å². The van der Waals surface area contributed by atoms with E-state index in [4.69, 9.17) is 9.47 Å². The second-order valence-electron chi connectivity index (χ2n) is 8.16. The van der Waals surface area contributed by atoms with Gasteiger partial charge in [-0.05, 0) is 36.8 Å². The smallest absolute Gasteiger partial charge is 0.338 e. The summed E-state index contributed by atoms with van der Waals surface area (Å²) in [6, 6.07) is 12.6. The number of amides is 2. The molecule has 2 N–H and O–H groups in total. The number of esters is 1. The maximum Gasteiger partial charge on any atom is 0.338 e. The van der Waals surface area contributed by atoms with Gasteiger partial charge in [-0.1, -0.05) is 18.2 Å². The molecule has 9 heteroatoms. The number of nitrogens with one attached hydrogen (secondary N) is 2. The van der Waals surface area contributed by atoms with Crippen molar-refractivity contribution in [1.29, 1.82) is 0 Å². The van der Waals surface area contributed by atoms with E-state index in [9.17, 15) is 14.0 Å². The minimum atomic E-state index is -0.721. The van der Waals surface area contributed by atoms with Gasteiger partial charge in [0.2, 0.25) is 0 Å². The number of piperazine rings is 1. The first-order valence-electron chi connectivity index (χ1n) is 11.3. The van der Waals surface area contributed by atoms with E-state index in [0.29, 0.717) is 23.4 Å². The van der Waals surface area contributed by atoms with Crippen molar-refractivity contribution >= 4 is 17.7 Å². The first-order chi connectivity index (χ1) is 16.5. The van der Waals surface area contributed by atoms with Crippen molar-refractivity contribution in [2.45, 2.75) is 13.0 Å². The minimum absolute atomic E-state index is 0.207. The average Bonchev–Trinajstić information content (AvgIpc) is 2.85. The number of urea groups is 1. The zero-order valence-electron chi connectivity index (χ0n) is 19.3. The number of nitrogens with zero attached hydrogens (tertiary/aromatic N) is 2. The zero-order valence-corrected chi connectivity index (χ0v) is 19.3. The van der Waals surface area contributed by atoms with Crippen LogP contribution in [0.3, 0.4) is 0 Å². The number of carbonyl (C=O) groups excluding carboxylic acids is 2. The summed E-state index contributed by atoms with van der Waals surface area (Å²) in [5.74, 6) is -0.0810. The molecule has 0 spiro atoms. The second kappa shape index (κ2) is 10.6. The largest absolute Gasteiger partial charge is 0.497 e. The normalized spacial score (nSPS) is 18.9. The molecule has 34 heavy (non-hydrogen) atoms. The molecular formula is C25H29FN4O4. The molecule has 2 aliphatic heterocycles. The molecule has 2 aliphatic rings. The Bertz CT molecular complexity index is 1060. The highest BCUT2D eigenvalue weighted by atomic mass is 19.1. The van der Waals surface area contributed by atoms with Crippen molar-refractivity contribution in [2.24, 2.45) is 0 Å². The fraction of sp³-hybridized carbons (Fsp3) is 0.360. The molecule has 4 rings (SSSR count). The maximum absolute atomic E-state index is 13.5. The van der Waals surface area contributed by atoms with Crippen LogP contribution >= 0.6 is 0 Å². The molecule has 0 radical (unpaired) electrons. The fourth-order valence-electron chi connectivity index (χ4n) is 4.29. The van der Waals surface area contributed by atoms with E-state index in [2.05, 4.69) is 26.5 Å². The molecular weight excluding hydrogens is 439 g/mol. The van der Waals surface area contributed by atoms with Gasteiger partial charge in [-0.3, -0.25) is 4.90 Å². The van der Waals surface area contributed by atoms with E-state index in [1.165, 1.54) is 12.1 Å². The topological polar surface area (TPSA) is 83.1 Å². The maximum atomic E-state index is 13.5. The first kappa shape index (κ1) is 23.6. The Hall–Kier alpha value is -3.59. The number of carbonyl (C=O) groups is 2. The monoisotopic (exact) mass is 468 g/mol. The molecule has 2 heterocycles. The van der Waals surface area contributed by atoms with Crippen LogP contribution in [0.5, 0.6) is 5.75 Å². The fourth-order valence-corrected chi connectivity index (χ4v) is 4.29. The third-order valence-corrected chi connectivity index (χ3v) is 6.02. The first-order valence-corrected chi connectivity index (χ1v) is 11.3. The van der Waals surface area contributed by atoms with Gasteiger partial charge in [-0.25, -0.2) is 14.0 Å². The van der Waals surface area contributed by atoms with E-state index in [-0.39, 0.29) is 12.4 Å². The van der Waals surface area contributed by atoms with Gasteiger partial charge in [0, 0.05) is 50.2 Å².